The lowest BCUT2D eigenvalue weighted by Crippen LogP contribution is -2.51. The molecule has 1 aliphatic carbocycles. The predicted molar refractivity (Wildman–Crippen MR) is 115 cm³/mol. The summed E-state index contributed by atoms with van der Waals surface area (Å²) in [4.78, 5) is 21.8. The number of azo groups is 1. The van der Waals surface area contributed by atoms with Gasteiger partial charge >= 0.3 is 6.01 Å². The standard InChI is InChI=1S/C24H25N5O2/c1-4-24(15-7-5-8-16(11-15)31-22-25-9-6-10-26-22)17-14-27-29-21(17)28-18-12-23(2,3)13-19(30)20(18)24/h5-11,14,21,28H,4,12-13H2,1-3H3. The van der Waals surface area contributed by atoms with Crippen molar-refractivity contribution in [2.45, 2.75) is 51.6 Å². The van der Waals surface area contributed by atoms with Gasteiger partial charge in [0.05, 0.1) is 11.6 Å². The smallest absolute Gasteiger partial charge is 0.321 e. The van der Waals surface area contributed by atoms with Gasteiger partial charge in [-0.3, -0.25) is 4.79 Å². The Balaban J connectivity index is 1.66. The molecular formula is C24H25N5O2. The maximum absolute atomic E-state index is 13.5. The fourth-order valence-corrected chi connectivity index (χ4v) is 5.16. The molecule has 2 aliphatic heterocycles. The van der Waals surface area contributed by atoms with Crippen LogP contribution in [0.5, 0.6) is 11.8 Å². The summed E-state index contributed by atoms with van der Waals surface area (Å²) in [5.41, 5.74) is 3.15. The topological polar surface area (TPSA) is 88.8 Å². The van der Waals surface area contributed by atoms with Crippen LogP contribution in [-0.4, -0.2) is 21.9 Å². The van der Waals surface area contributed by atoms with Crippen molar-refractivity contribution in [1.82, 2.24) is 15.3 Å². The Morgan fingerprint density at radius 2 is 1.97 bits per heavy atom. The first kappa shape index (κ1) is 19.6. The highest BCUT2D eigenvalue weighted by Gasteiger charge is 2.53. The summed E-state index contributed by atoms with van der Waals surface area (Å²) in [5, 5.41) is 12.1. The van der Waals surface area contributed by atoms with Gasteiger partial charge in [0, 0.05) is 35.7 Å². The van der Waals surface area contributed by atoms with Crippen LogP contribution < -0.4 is 10.1 Å². The zero-order chi connectivity index (χ0) is 21.6. The van der Waals surface area contributed by atoms with Gasteiger partial charge in [-0.15, -0.1) is 0 Å². The van der Waals surface area contributed by atoms with Gasteiger partial charge in [0.25, 0.3) is 0 Å². The number of aromatic nitrogens is 2. The van der Waals surface area contributed by atoms with Gasteiger partial charge < -0.3 is 10.1 Å². The number of ketones is 1. The highest BCUT2D eigenvalue weighted by Crippen LogP contribution is 2.54. The van der Waals surface area contributed by atoms with E-state index < -0.39 is 5.41 Å². The lowest BCUT2D eigenvalue weighted by atomic mass is 9.59. The lowest BCUT2D eigenvalue weighted by molar-refractivity contribution is -0.119. The van der Waals surface area contributed by atoms with E-state index in [-0.39, 0.29) is 23.4 Å². The van der Waals surface area contributed by atoms with Crippen LogP contribution in [0, 0.1) is 5.41 Å². The highest BCUT2D eigenvalue weighted by molar-refractivity contribution is 6.01. The van der Waals surface area contributed by atoms with Crippen molar-refractivity contribution in [3.05, 3.63) is 71.3 Å². The molecule has 0 fully saturated rings. The summed E-state index contributed by atoms with van der Waals surface area (Å²) in [6, 6.07) is 9.90. The second-order valence-corrected chi connectivity index (χ2v) is 9.08. The molecule has 1 aromatic heterocycles. The van der Waals surface area contributed by atoms with Crippen molar-refractivity contribution in [1.29, 1.82) is 0 Å². The van der Waals surface area contributed by atoms with Crippen LogP contribution >= 0.6 is 0 Å². The third-order valence-electron chi connectivity index (χ3n) is 6.39. The van der Waals surface area contributed by atoms with Gasteiger partial charge in [0.2, 0.25) is 0 Å². The number of carbonyl (C=O) groups excluding carboxylic acids is 1. The van der Waals surface area contributed by atoms with Gasteiger partial charge in [-0.2, -0.15) is 10.2 Å². The summed E-state index contributed by atoms with van der Waals surface area (Å²) in [6.07, 6.45) is 6.90. The molecule has 2 aromatic rings. The Hall–Kier alpha value is -3.35. The Bertz CT molecular complexity index is 1140. The third kappa shape index (κ3) is 3.15. The number of fused-ring (bicyclic) bond motifs is 1. The Kier molecular flexibility index (Phi) is 4.50. The largest absolute Gasteiger partial charge is 0.424 e. The zero-order valence-electron chi connectivity index (χ0n) is 17.9. The first-order chi connectivity index (χ1) is 14.9. The molecule has 7 nitrogen and oxygen atoms in total. The molecule has 3 heterocycles. The van der Waals surface area contributed by atoms with Crippen molar-refractivity contribution < 1.29 is 9.53 Å². The number of Topliss-reactive ketones (excluding diaryl/α,β-unsaturated/α-hetero) is 1. The number of carbonyl (C=O) groups is 1. The number of ether oxygens (including phenoxy) is 1. The summed E-state index contributed by atoms with van der Waals surface area (Å²) in [6.45, 7) is 6.40. The van der Waals surface area contributed by atoms with Crippen LogP contribution in [0.15, 0.2) is 76.0 Å². The molecule has 0 saturated heterocycles. The second-order valence-electron chi connectivity index (χ2n) is 9.08. The molecule has 2 unspecified atom stereocenters. The average Bonchev–Trinajstić information content (AvgIpc) is 3.21. The van der Waals surface area contributed by atoms with Crippen LogP contribution in [-0.2, 0) is 10.2 Å². The highest BCUT2D eigenvalue weighted by atomic mass is 16.5. The SMILES string of the molecule is CCC1(c2cccc(Oc3ncccn3)c2)C2=CN=NC2NC2=C1C(=O)CC(C)(C)C2. The number of rotatable bonds is 4. The Morgan fingerprint density at radius 1 is 1.16 bits per heavy atom. The maximum Gasteiger partial charge on any atom is 0.321 e. The Labute approximate surface area is 181 Å². The van der Waals surface area contributed by atoms with Crippen molar-refractivity contribution in [2.24, 2.45) is 15.6 Å². The molecule has 2 atom stereocenters. The number of nitrogens with zero attached hydrogens (tertiary/aromatic N) is 4. The van der Waals surface area contributed by atoms with Crippen LogP contribution in [0.4, 0.5) is 0 Å². The minimum absolute atomic E-state index is 0.0883. The molecule has 0 amide bonds. The van der Waals surface area contributed by atoms with E-state index in [1.165, 1.54) is 0 Å². The molecule has 0 spiro atoms. The molecule has 1 aromatic carbocycles. The van der Waals surface area contributed by atoms with Crippen LogP contribution in [0.2, 0.25) is 0 Å². The summed E-state index contributed by atoms with van der Waals surface area (Å²) >= 11 is 0. The van der Waals surface area contributed by atoms with E-state index in [1.807, 2.05) is 24.4 Å². The summed E-state index contributed by atoms with van der Waals surface area (Å²) in [7, 11) is 0. The molecule has 3 aliphatic rings. The molecule has 0 bridgehead atoms. The number of nitrogens with one attached hydrogen (secondary N) is 1. The number of benzene rings is 1. The fraction of sp³-hybridized carbons (Fsp3) is 0.375. The van der Waals surface area contributed by atoms with Crippen molar-refractivity contribution in [3.63, 3.8) is 0 Å². The summed E-state index contributed by atoms with van der Waals surface area (Å²) < 4.78 is 5.90. The molecule has 0 saturated carbocycles. The molecular weight excluding hydrogens is 390 g/mol. The average molecular weight is 415 g/mol. The zero-order valence-corrected chi connectivity index (χ0v) is 17.9. The predicted octanol–water partition coefficient (Wildman–Crippen LogP) is 4.84. The fourth-order valence-electron chi connectivity index (χ4n) is 5.16. The normalized spacial score (nSPS) is 26.1. The monoisotopic (exact) mass is 415 g/mol. The van der Waals surface area contributed by atoms with E-state index in [2.05, 4.69) is 52.4 Å². The van der Waals surface area contributed by atoms with E-state index in [1.54, 1.807) is 18.5 Å². The molecule has 7 heteroatoms. The van der Waals surface area contributed by atoms with E-state index >= 15 is 0 Å². The van der Waals surface area contributed by atoms with Gasteiger partial charge in [0.15, 0.2) is 11.9 Å². The van der Waals surface area contributed by atoms with Crippen molar-refractivity contribution >= 4 is 5.78 Å². The minimum atomic E-state index is -0.598. The molecule has 31 heavy (non-hydrogen) atoms. The maximum atomic E-state index is 13.5. The quantitative estimate of drug-likeness (QED) is 0.772. The van der Waals surface area contributed by atoms with Gasteiger partial charge in [-0.05, 0) is 42.0 Å². The van der Waals surface area contributed by atoms with E-state index in [0.29, 0.717) is 12.2 Å². The van der Waals surface area contributed by atoms with Crippen LogP contribution in [0.1, 0.15) is 45.6 Å². The van der Waals surface area contributed by atoms with Crippen LogP contribution in [0.25, 0.3) is 0 Å². The lowest BCUT2D eigenvalue weighted by Gasteiger charge is -2.47. The van der Waals surface area contributed by atoms with E-state index in [0.717, 1.165) is 35.2 Å². The second kappa shape index (κ2) is 7.11. The first-order valence-corrected chi connectivity index (χ1v) is 10.6. The van der Waals surface area contributed by atoms with Crippen LogP contribution in [0.3, 0.4) is 0 Å². The minimum Gasteiger partial charge on any atom is -0.424 e. The van der Waals surface area contributed by atoms with Gasteiger partial charge in [0.1, 0.15) is 5.75 Å². The van der Waals surface area contributed by atoms with Crippen molar-refractivity contribution in [3.8, 4) is 11.8 Å². The molecule has 0 radical (unpaired) electrons. The third-order valence-corrected chi connectivity index (χ3v) is 6.39. The molecule has 1 N–H and O–H groups in total. The van der Waals surface area contributed by atoms with Crippen molar-refractivity contribution in [2.75, 3.05) is 0 Å². The number of hydrogen-bond donors (Lipinski definition) is 1. The summed E-state index contributed by atoms with van der Waals surface area (Å²) in [5.74, 6) is 0.814. The number of allylic oxidation sites excluding steroid dienone is 2. The number of hydrogen-bond acceptors (Lipinski definition) is 7. The van der Waals surface area contributed by atoms with Gasteiger partial charge in [-0.1, -0.05) is 32.9 Å². The molecule has 5 rings (SSSR count). The first-order valence-electron chi connectivity index (χ1n) is 10.6. The van der Waals surface area contributed by atoms with E-state index in [4.69, 9.17) is 4.74 Å². The Morgan fingerprint density at radius 3 is 2.74 bits per heavy atom. The molecule has 158 valence electrons. The van der Waals surface area contributed by atoms with E-state index in [9.17, 15) is 4.79 Å². The van der Waals surface area contributed by atoms with Gasteiger partial charge in [-0.25, -0.2) is 9.97 Å².